The van der Waals surface area contributed by atoms with E-state index in [-0.39, 0.29) is 24.1 Å². The van der Waals surface area contributed by atoms with Gasteiger partial charge in [-0.1, -0.05) is 45.4 Å². The van der Waals surface area contributed by atoms with Crippen LogP contribution in [0.25, 0.3) is 5.69 Å². The second kappa shape index (κ2) is 9.71. The Morgan fingerprint density at radius 2 is 1.86 bits per heavy atom. The molecular formula is C20H20BrN5O2S. The van der Waals surface area contributed by atoms with Crippen LogP contribution in [0, 0.1) is 13.8 Å². The number of amides is 2. The molecule has 0 spiro atoms. The average molecular weight is 474 g/mol. The summed E-state index contributed by atoms with van der Waals surface area (Å²) in [6, 6.07) is 13.5. The van der Waals surface area contributed by atoms with Crippen LogP contribution in [0.2, 0.25) is 0 Å². The summed E-state index contributed by atoms with van der Waals surface area (Å²) in [6.07, 6.45) is 1.61. The number of aryl methyl sites for hydroxylation is 2. The molecule has 150 valence electrons. The van der Waals surface area contributed by atoms with E-state index in [1.54, 1.807) is 6.33 Å². The number of nitrogens with one attached hydrogen (secondary N) is 2. The second-order valence-corrected chi connectivity index (χ2v) is 8.25. The molecule has 2 aromatic carbocycles. The first kappa shape index (κ1) is 21.1. The number of hydrogen-bond donors (Lipinski definition) is 2. The standard InChI is InChI=1S/C20H20BrN5O2S/c1-13-3-6-16(7-4-13)26-12-23-25-20(26)29-11-19(28)22-10-18(27)24-17-8-5-15(21)9-14(17)2/h3-9,12H,10-11H2,1-2H3,(H,22,28)(H,24,27). The molecule has 0 radical (unpaired) electrons. The average Bonchev–Trinajstić information content (AvgIpc) is 3.16. The number of carbonyl (C=O) groups excluding carboxylic acids is 2. The molecule has 9 heteroatoms. The quantitative estimate of drug-likeness (QED) is 0.512. The number of halogens is 1. The molecule has 7 nitrogen and oxygen atoms in total. The second-order valence-electron chi connectivity index (χ2n) is 6.39. The van der Waals surface area contributed by atoms with Crippen LogP contribution in [0.4, 0.5) is 5.69 Å². The largest absolute Gasteiger partial charge is 0.346 e. The fraction of sp³-hybridized carbons (Fsp3) is 0.200. The number of thioether (sulfide) groups is 1. The lowest BCUT2D eigenvalue weighted by atomic mass is 10.2. The van der Waals surface area contributed by atoms with Crippen molar-refractivity contribution in [1.82, 2.24) is 20.1 Å². The normalized spacial score (nSPS) is 10.6. The zero-order valence-corrected chi connectivity index (χ0v) is 18.4. The van der Waals surface area contributed by atoms with Crippen LogP contribution >= 0.6 is 27.7 Å². The predicted octanol–water partition coefficient (Wildman–Crippen LogP) is 3.49. The van der Waals surface area contributed by atoms with E-state index in [0.29, 0.717) is 10.8 Å². The van der Waals surface area contributed by atoms with Crippen molar-refractivity contribution < 1.29 is 9.59 Å². The maximum atomic E-state index is 12.1. The van der Waals surface area contributed by atoms with Crippen molar-refractivity contribution in [2.75, 3.05) is 17.6 Å². The summed E-state index contributed by atoms with van der Waals surface area (Å²) in [6.45, 7) is 3.82. The van der Waals surface area contributed by atoms with Crippen molar-refractivity contribution in [3.8, 4) is 5.69 Å². The number of nitrogens with zero attached hydrogens (tertiary/aromatic N) is 3. The van der Waals surface area contributed by atoms with Crippen LogP contribution in [-0.2, 0) is 9.59 Å². The maximum Gasteiger partial charge on any atom is 0.243 e. The monoisotopic (exact) mass is 473 g/mol. The number of hydrogen-bond acceptors (Lipinski definition) is 5. The predicted molar refractivity (Wildman–Crippen MR) is 117 cm³/mol. The fourth-order valence-corrected chi connectivity index (χ4v) is 3.76. The Morgan fingerprint density at radius 1 is 1.10 bits per heavy atom. The van der Waals surface area contributed by atoms with E-state index in [9.17, 15) is 9.59 Å². The van der Waals surface area contributed by atoms with Crippen molar-refractivity contribution >= 4 is 45.2 Å². The lowest BCUT2D eigenvalue weighted by Crippen LogP contribution is -2.34. The Labute approximate surface area is 181 Å². The maximum absolute atomic E-state index is 12.1. The highest BCUT2D eigenvalue weighted by molar-refractivity contribution is 9.10. The van der Waals surface area contributed by atoms with E-state index < -0.39 is 0 Å². The molecule has 0 fully saturated rings. The van der Waals surface area contributed by atoms with Crippen LogP contribution in [0.3, 0.4) is 0 Å². The summed E-state index contributed by atoms with van der Waals surface area (Å²) < 4.78 is 2.76. The van der Waals surface area contributed by atoms with E-state index in [4.69, 9.17) is 0 Å². The molecular weight excluding hydrogens is 454 g/mol. The van der Waals surface area contributed by atoms with E-state index in [0.717, 1.165) is 21.3 Å². The summed E-state index contributed by atoms with van der Waals surface area (Å²) in [7, 11) is 0. The van der Waals surface area contributed by atoms with Gasteiger partial charge in [-0.2, -0.15) is 0 Å². The molecule has 0 aliphatic rings. The summed E-state index contributed by atoms with van der Waals surface area (Å²) in [5.74, 6) is -0.400. The van der Waals surface area contributed by atoms with Gasteiger partial charge in [0.1, 0.15) is 6.33 Å². The van der Waals surface area contributed by atoms with Gasteiger partial charge in [0.15, 0.2) is 5.16 Å². The molecule has 0 saturated heterocycles. The molecule has 2 amide bonds. The molecule has 3 aromatic rings. The van der Waals surface area contributed by atoms with E-state index in [2.05, 4.69) is 36.8 Å². The summed E-state index contributed by atoms with van der Waals surface area (Å²) in [5, 5.41) is 14.0. The molecule has 0 aliphatic carbocycles. The number of benzene rings is 2. The highest BCUT2D eigenvalue weighted by atomic mass is 79.9. The van der Waals surface area contributed by atoms with E-state index in [1.165, 1.54) is 11.8 Å². The minimum absolute atomic E-state index is 0.0977. The van der Waals surface area contributed by atoms with Crippen LogP contribution in [0.15, 0.2) is 58.4 Å². The number of aromatic nitrogens is 3. The fourth-order valence-electron chi connectivity index (χ4n) is 2.53. The lowest BCUT2D eigenvalue weighted by molar-refractivity contribution is -0.122. The van der Waals surface area contributed by atoms with Gasteiger partial charge >= 0.3 is 0 Å². The van der Waals surface area contributed by atoms with Crippen molar-refractivity contribution in [3.63, 3.8) is 0 Å². The molecule has 0 aliphatic heterocycles. The van der Waals surface area contributed by atoms with Crippen LogP contribution < -0.4 is 10.6 Å². The third kappa shape index (κ3) is 5.91. The molecule has 0 bridgehead atoms. The van der Waals surface area contributed by atoms with Gasteiger partial charge in [0, 0.05) is 15.8 Å². The first-order valence-corrected chi connectivity index (χ1v) is 10.6. The highest BCUT2D eigenvalue weighted by Gasteiger charge is 2.12. The number of carbonyl (C=O) groups is 2. The lowest BCUT2D eigenvalue weighted by Gasteiger charge is -2.10. The first-order valence-electron chi connectivity index (χ1n) is 8.85. The third-order valence-electron chi connectivity index (χ3n) is 4.07. The number of rotatable bonds is 7. The topological polar surface area (TPSA) is 88.9 Å². The van der Waals surface area contributed by atoms with Crippen LogP contribution in [0.1, 0.15) is 11.1 Å². The first-order chi connectivity index (χ1) is 13.9. The molecule has 1 aromatic heterocycles. The summed E-state index contributed by atoms with van der Waals surface area (Å²) in [4.78, 5) is 24.2. The molecule has 0 saturated carbocycles. The van der Waals surface area contributed by atoms with Crippen molar-refractivity contribution in [2.24, 2.45) is 0 Å². The van der Waals surface area contributed by atoms with Gasteiger partial charge in [0.2, 0.25) is 11.8 Å². The zero-order chi connectivity index (χ0) is 20.8. The summed E-state index contributed by atoms with van der Waals surface area (Å²) in [5.41, 5.74) is 3.73. The Bertz CT molecular complexity index is 1020. The van der Waals surface area contributed by atoms with Gasteiger partial charge in [-0.05, 0) is 49.7 Å². The Balaban J connectivity index is 1.49. The summed E-state index contributed by atoms with van der Waals surface area (Å²) >= 11 is 4.65. The smallest absolute Gasteiger partial charge is 0.243 e. The van der Waals surface area contributed by atoms with Crippen molar-refractivity contribution in [3.05, 3.63) is 64.4 Å². The van der Waals surface area contributed by atoms with Gasteiger partial charge in [-0.15, -0.1) is 10.2 Å². The van der Waals surface area contributed by atoms with Gasteiger partial charge in [0.25, 0.3) is 0 Å². The molecule has 29 heavy (non-hydrogen) atoms. The van der Waals surface area contributed by atoms with Gasteiger partial charge in [-0.25, -0.2) is 0 Å². The highest BCUT2D eigenvalue weighted by Crippen LogP contribution is 2.20. The third-order valence-corrected chi connectivity index (χ3v) is 5.51. The van der Waals surface area contributed by atoms with Crippen molar-refractivity contribution in [1.29, 1.82) is 0 Å². The van der Waals surface area contributed by atoms with Crippen LogP contribution in [0.5, 0.6) is 0 Å². The molecule has 0 atom stereocenters. The van der Waals surface area contributed by atoms with E-state index >= 15 is 0 Å². The minimum Gasteiger partial charge on any atom is -0.346 e. The Morgan fingerprint density at radius 3 is 2.59 bits per heavy atom. The van der Waals surface area contributed by atoms with E-state index in [1.807, 2.05) is 60.9 Å². The Kier molecular flexibility index (Phi) is 7.05. The van der Waals surface area contributed by atoms with Crippen molar-refractivity contribution in [2.45, 2.75) is 19.0 Å². The number of anilines is 1. The molecule has 0 unspecified atom stereocenters. The minimum atomic E-state index is -0.281. The molecule has 1 heterocycles. The Hall–Kier alpha value is -2.65. The van der Waals surface area contributed by atoms with Gasteiger partial charge in [-0.3, -0.25) is 14.2 Å². The van der Waals surface area contributed by atoms with Crippen LogP contribution in [-0.4, -0.2) is 38.9 Å². The zero-order valence-electron chi connectivity index (χ0n) is 16.0. The van der Waals surface area contributed by atoms with Gasteiger partial charge in [0.05, 0.1) is 12.3 Å². The molecule has 3 rings (SSSR count). The molecule has 2 N–H and O–H groups in total. The SMILES string of the molecule is Cc1ccc(-n2cnnc2SCC(=O)NCC(=O)Nc2ccc(Br)cc2C)cc1. The van der Waals surface area contributed by atoms with Gasteiger partial charge < -0.3 is 10.6 Å².